The van der Waals surface area contributed by atoms with Gasteiger partial charge in [0.25, 0.3) is 0 Å². The Kier molecular flexibility index (Phi) is 3.89. The molecule has 0 N–H and O–H groups in total. The van der Waals surface area contributed by atoms with E-state index in [0.29, 0.717) is 12.2 Å². The Bertz CT molecular complexity index is 418. The third-order valence-corrected chi connectivity index (χ3v) is 2.74. The molecule has 4 nitrogen and oxygen atoms in total. The number of carboxylic acids is 1. The van der Waals surface area contributed by atoms with Gasteiger partial charge in [0.2, 0.25) is 0 Å². The van der Waals surface area contributed by atoms with Crippen molar-refractivity contribution >= 4 is 11.9 Å². The fraction of sp³-hybridized carbons (Fsp3) is 0.385. The molecule has 0 radical (unpaired) electrons. The predicted molar refractivity (Wildman–Crippen MR) is 60.5 cm³/mol. The van der Waals surface area contributed by atoms with Gasteiger partial charge in [0.1, 0.15) is 5.75 Å². The molecule has 0 saturated heterocycles. The van der Waals surface area contributed by atoms with Crippen LogP contribution in [0.5, 0.6) is 5.75 Å². The van der Waals surface area contributed by atoms with Crippen molar-refractivity contribution in [2.75, 3.05) is 0 Å². The molecule has 0 fully saturated rings. The molecule has 0 aliphatic rings. The first-order chi connectivity index (χ1) is 7.86. The van der Waals surface area contributed by atoms with Gasteiger partial charge < -0.3 is 14.6 Å². The Hall–Kier alpha value is -1.84. The highest BCUT2D eigenvalue weighted by atomic mass is 16.5. The van der Waals surface area contributed by atoms with E-state index in [0.717, 1.165) is 0 Å². The first-order valence-corrected chi connectivity index (χ1v) is 5.40. The van der Waals surface area contributed by atoms with Crippen molar-refractivity contribution in [3.63, 3.8) is 0 Å². The van der Waals surface area contributed by atoms with Crippen molar-refractivity contribution in [1.29, 1.82) is 0 Å². The van der Waals surface area contributed by atoms with Crippen molar-refractivity contribution in [3.8, 4) is 5.75 Å². The number of esters is 1. The second-order valence-corrected chi connectivity index (χ2v) is 4.44. The molecule has 1 aromatic rings. The SMILES string of the molecule is CCC(C)(C)C(=O)Oc1ccc(C(=O)[O-])cc1. The third kappa shape index (κ3) is 3.31. The van der Waals surface area contributed by atoms with Gasteiger partial charge in [-0.3, -0.25) is 4.79 Å². The molecule has 0 saturated carbocycles. The number of carbonyl (C=O) groups is 2. The predicted octanol–water partition coefficient (Wildman–Crippen LogP) is 1.39. The van der Waals surface area contributed by atoms with E-state index in [-0.39, 0.29) is 11.5 Å². The largest absolute Gasteiger partial charge is 0.545 e. The second-order valence-electron chi connectivity index (χ2n) is 4.44. The summed E-state index contributed by atoms with van der Waals surface area (Å²) in [6.07, 6.45) is 0.670. The monoisotopic (exact) mass is 235 g/mol. The number of ether oxygens (including phenoxy) is 1. The normalized spacial score (nSPS) is 11.0. The van der Waals surface area contributed by atoms with Crippen LogP contribution < -0.4 is 9.84 Å². The average molecular weight is 235 g/mol. The van der Waals surface area contributed by atoms with Crippen LogP contribution in [0.3, 0.4) is 0 Å². The molecule has 0 spiro atoms. The van der Waals surface area contributed by atoms with Crippen LogP contribution >= 0.6 is 0 Å². The Labute approximate surface area is 100 Å². The Morgan fingerprint density at radius 3 is 2.18 bits per heavy atom. The molecule has 0 aromatic heterocycles. The Balaban J connectivity index is 2.76. The van der Waals surface area contributed by atoms with Crippen LogP contribution in [0.25, 0.3) is 0 Å². The van der Waals surface area contributed by atoms with Crippen molar-refractivity contribution in [2.24, 2.45) is 5.41 Å². The first-order valence-electron chi connectivity index (χ1n) is 5.40. The summed E-state index contributed by atoms with van der Waals surface area (Å²) in [7, 11) is 0. The molecule has 0 heterocycles. The number of hydrogen-bond acceptors (Lipinski definition) is 4. The molecule has 0 amide bonds. The van der Waals surface area contributed by atoms with Crippen LogP contribution in [-0.2, 0) is 4.79 Å². The summed E-state index contributed by atoms with van der Waals surface area (Å²) in [6, 6.07) is 5.57. The van der Waals surface area contributed by atoms with E-state index < -0.39 is 11.4 Å². The van der Waals surface area contributed by atoms with Gasteiger partial charge in [-0.15, -0.1) is 0 Å². The fourth-order valence-electron chi connectivity index (χ4n) is 1.05. The molecule has 0 aliphatic carbocycles. The lowest BCUT2D eigenvalue weighted by Crippen LogP contribution is -2.28. The Morgan fingerprint density at radius 2 is 1.76 bits per heavy atom. The maximum atomic E-state index is 11.7. The molecule has 4 heteroatoms. The summed E-state index contributed by atoms with van der Waals surface area (Å²) in [5.41, 5.74) is -0.493. The molecular formula is C13H15O4-. The standard InChI is InChI=1S/C13H16O4/c1-4-13(2,3)12(16)17-10-7-5-9(6-8-10)11(14)15/h5-8H,4H2,1-3H3,(H,14,15)/p-1. The summed E-state index contributed by atoms with van der Waals surface area (Å²) < 4.78 is 5.15. The highest BCUT2D eigenvalue weighted by molar-refractivity contribution is 5.86. The van der Waals surface area contributed by atoms with Crippen LogP contribution in [0.1, 0.15) is 37.6 Å². The van der Waals surface area contributed by atoms with Crippen LogP contribution in [0.2, 0.25) is 0 Å². The maximum Gasteiger partial charge on any atom is 0.316 e. The lowest BCUT2D eigenvalue weighted by Gasteiger charge is -2.20. The van der Waals surface area contributed by atoms with Gasteiger partial charge in [0, 0.05) is 0 Å². The first kappa shape index (κ1) is 13.2. The summed E-state index contributed by atoms with van der Waals surface area (Å²) in [4.78, 5) is 22.3. The Morgan fingerprint density at radius 1 is 1.24 bits per heavy atom. The molecule has 0 atom stereocenters. The molecule has 17 heavy (non-hydrogen) atoms. The number of carboxylic acid groups (broad SMARTS) is 1. The van der Waals surface area contributed by atoms with Crippen molar-refractivity contribution in [2.45, 2.75) is 27.2 Å². The molecule has 0 bridgehead atoms. The number of rotatable bonds is 4. The lowest BCUT2D eigenvalue weighted by atomic mass is 9.91. The van der Waals surface area contributed by atoms with E-state index in [2.05, 4.69) is 0 Å². The van der Waals surface area contributed by atoms with Crippen molar-refractivity contribution in [3.05, 3.63) is 29.8 Å². The van der Waals surface area contributed by atoms with Gasteiger partial charge in [-0.1, -0.05) is 6.92 Å². The smallest absolute Gasteiger partial charge is 0.316 e. The molecule has 0 aliphatic heterocycles. The summed E-state index contributed by atoms with van der Waals surface area (Å²) in [5.74, 6) is -1.25. The second kappa shape index (κ2) is 4.99. The van der Waals surface area contributed by atoms with E-state index in [4.69, 9.17) is 4.74 Å². The van der Waals surface area contributed by atoms with E-state index >= 15 is 0 Å². The highest BCUT2D eigenvalue weighted by Crippen LogP contribution is 2.23. The molecule has 1 rings (SSSR count). The van der Waals surface area contributed by atoms with Crippen LogP contribution in [-0.4, -0.2) is 11.9 Å². The van der Waals surface area contributed by atoms with Crippen LogP contribution in [0, 0.1) is 5.41 Å². The van der Waals surface area contributed by atoms with E-state index in [1.54, 1.807) is 13.8 Å². The molecule has 1 aromatic carbocycles. The van der Waals surface area contributed by atoms with Crippen LogP contribution in [0.15, 0.2) is 24.3 Å². The van der Waals surface area contributed by atoms with Crippen LogP contribution in [0.4, 0.5) is 0 Å². The number of benzene rings is 1. The summed E-state index contributed by atoms with van der Waals surface area (Å²) >= 11 is 0. The maximum absolute atomic E-state index is 11.7. The highest BCUT2D eigenvalue weighted by Gasteiger charge is 2.27. The van der Waals surface area contributed by atoms with E-state index in [1.165, 1.54) is 24.3 Å². The molecule has 0 unspecified atom stereocenters. The topological polar surface area (TPSA) is 66.4 Å². The van der Waals surface area contributed by atoms with Crippen molar-refractivity contribution in [1.82, 2.24) is 0 Å². The minimum Gasteiger partial charge on any atom is -0.545 e. The van der Waals surface area contributed by atoms with Gasteiger partial charge in [-0.25, -0.2) is 0 Å². The number of hydrogen-bond donors (Lipinski definition) is 0. The lowest BCUT2D eigenvalue weighted by molar-refractivity contribution is -0.255. The number of carbonyl (C=O) groups excluding carboxylic acids is 2. The van der Waals surface area contributed by atoms with E-state index in [9.17, 15) is 14.7 Å². The fourth-order valence-corrected chi connectivity index (χ4v) is 1.05. The van der Waals surface area contributed by atoms with Crippen molar-refractivity contribution < 1.29 is 19.4 Å². The van der Waals surface area contributed by atoms with E-state index in [1.807, 2.05) is 6.92 Å². The zero-order chi connectivity index (χ0) is 13.1. The summed E-state index contributed by atoms with van der Waals surface area (Å²) in [5, 5.41) is 10.5. The minimum atomic E-state index is -1.25. The average Bonchev–Trinajstić information content (AvgIpc) is 2.29. The van der Waals surface area contributed by atoms with Gasteiger partial charge >= 0.3 is 5.97 Å². The van der Waals surface area contributed by atoms with Gasteiger partial charge in [0.15, 0.2) is 0 Å². The number of aromatic carboxylic acids is 1. The molecular weight excluding hydrogens is 220 g/mol. The summed E-state index contributed by atoms with van der Waals surface area (Å²) in [6.45, 7) is 5.50. The van der Waals surface area contributed by atoms with Gasteiger partial charge in [-0.05, 0) is 50.1 Å². The zero-order valence-electron chi connectivity index (χ0n) is 10.1. The zero-order valence-corrected chi connectivity index (χ0v) is 10.1. The quantitative estimate of drug-likeness (QED) is 0.584. The molecule has 92 valence electrons. The third-order valence-electron chi connectivity index (χ3n) is 2.74. The van der Waals surface area contributed by atoms with Gasteiger partial charge in [0.05, 0.1) is 11.4 Å². The van der Waals surface area contributed by atoms with Gasteiger partial charge in [-0.2, -0.15) is 0 Å². The minimum absolute atomic E-state index is 0.0551.